The maximum absolute atomic E-state index is 11.7. The molecule has 17 heavy (non-hydrogen) atoms. The Hall–Kier alpha value is -1.77. The first-order valence-electron chi connectivity index (χ1n) is 5.94. The maximum Gasteiger partial charge on any atom is 0.198 e. The lowest BCUT2D eigenvalue weighted by Crippen LogP contribution is -1.94. The van der Waals surface area contributed by atoms with E-state index in [1.54, 1.807) is 6.07 Å². The average Bonchev–Trinajstić information content (AvgIpc) is 2.75. The van der Waals surface area contributed by atoms with Crippen molar-refractivity contribution in [2.75, 3.05) is 6.61 Å². The van der Waals surface area contributed by atoms with Crippen LogP contribution in [0.1, 0.15) is 37.2 Å². The van der Waals surface area contributed by atoms with E-state index in [-0.39, 0.29) is 5.78 Å². The third kappa shape index (κ3) is 2.33. The first kappa shape index (κ1) is 11.7. The topological polar surface area (TPSA) is 39.4 Å². The Labute approximate surface area is 100 Å². The molecule has 0 N–H and O–H groups in total. The quantitative estimate of drug-likeness (QED) is 0.736. The molecule has 0 saturated heterocycles. The van der Waals surface area contributed by atoms with Crippen LogP contribution in [0, 0.1) is 0 Å². The highest BCUT2D eigenvalue weighted by molar-refractivity contribution is 5.98. The van der Waals surface area contributed by atoms with Gasteiger partial charge in [0.05, 0.1) is 6.61 Å². The molecule has 0 bridgehead atoms. The number of benzene rings is 1. The second kappa shape index (κ2) is 5.04. The number of rotatable bonds is 5. The Morgan fingerprint density at radius 2 is 2.18 bits per heavy atom. The maximum atomic E-state index is 11.7. The summed E-state index contributed by atoms with van der Waals surface area (Å²) in [5.41, 5.74) is 0.661. The molecule has 0 radical (unpaired) electrons. The van der Waals surface area contributed by atoms with Crippen molar-refractivity contribution in [2.24, 2.45) is 0 Å². The zero-order valence-corrected chi connectivity index (χ0v) is 10.2. The predicted molar refractivity (Wildman–Crippen MR) is 66.6 cm³/mol. The van der Waals surface area contributed by atoms with Crippen molar-refractivity contribution >= 4 is 16.8 Å². The van der Waals surface area contributed by atoms with E-state index in [0.29, 0.717) is 30.1 Å². The van der Waals surface area contributed by atoms with Gasteiger partial charge in [-0.25, -0.2) is 0 Å². The molecule has 90 valence electrons. The number of fused-ring (bicyclic) bond motifs is 1. The first-order chi connectivity index (χ1) is 8.26. The Kier molecular flexibility index (Phi) is 3.47. The molecule has 0 amide bonds. The van der Waals surface area contributed by atoms with Crippen molar-refractivity contribution in [3.63, 3.8) is 0 Å². The highest BCUT2D eigenvalue weighted by Gasteiger charge is 2.13. The molecule has 0 unspecified atom stereocenters. The van der Waals surface area contributed by atoms with Gasteiger partial charge in [-0.2, -0.15) is 0 Å². The number of carbonyl (C=O) groups excluding carboxylic acids is 1. The summed E-state index contributed by atoms with van der Waals surface area (Å²) >= 11 is 0. The average molecular weight is 232 g/mol. The van der Waals surface area contributed by atoms with E-state index in [9.17, 15) is 4.79 Å². The lowest BCUT2D eigenvalue weighted by molar-refractivity contribution is 0.0957. The Morgan fingerprint density at radius 1 is 1.35 bits per heavy atom. The molecule has 0 saturated carbocycles. The molecule has 1 aromatic carbocycles. The van der Waals surface area contributed by atoms with Crippen LogP contribution in [0.25, 0.3) is 11.0 Å². The number of carbonyl (C=O) groups is 1. The van der Waals surface area contributed by atoms with Crippen LogP contribution in [-0.2, 0) is 0 Å². The number of ether oxygens (including phenoxy) is 1. The van der Waals surface area contributed by atoms with E-state index in [2.05, 4.69) is 0 Å². The largest absolute Gasteiger partial charge is 0.490 e. The second-order valence-electron chi connectivity index (χ2n) is 3.89. The fourth-order valence-electron chi connectivity index (χ4n) is 1.79. The van der Waals surface area contributed by atoms with Crippen molar-refractivity contribution in [2.45, 2.75) is 26.7 Å². The van der Waals surface area contributed by atoms with Gasteiger partial charge >= 0.3 is 0 Å². The van der Waals surface area contributed by atoms with E-state index in [0.717, 1.165) is 11.8 Å². The van der Waals surface area contributed by atoms with Crippen LogP contribution < -0.4 is 4.74 Å². The Balaban J connectivity index is 2.42. The summed E-state index contributed by atoms with van der Waals surface area (Å²) in [4.78, 5) is 11.7. The lowest BCUT2D eigenvalue weighted by Gasteiger charge is -2.02. The van der Waals surface area contributed by atoms with Gasteiger partial charge in [0.2, 0.25) is 0 Å². The molecule has 0 aliphatic carbocycles. The third-order valence-corrected chi connectivity index (χ3v) is 2.56. The van der Waals surface area contributed by atoms with Crippen LogP contribution in [0.4, 0.5) is 0 Å². The molecule has 0 fully saturated rings. The smallest absolute Gasteiger partial charge is 0.198 e. The van der Waals surface area contributed by atoms with Crippen molar-refractivity contribution < 1.29 is 13.9 Å². The van der Waals surface area contributed by atoms with E-state index >= 15 is 0 Å². The fourth-order valence-corrected chi connectivity index (χ4v) is 1.79. The van der Waals surface area contributed by atoms with Gasteiger partial charge in [-0.05, 0) is 25.5 Å². The number of Topliss-reactive ketones (excluding diaryl/α,β-unsaturated/α-hetero) is 1. The van der Waals surface area contributed by atoms with Crippen molar-refractivity contribution in [3.05, 3.63) is 30.0 Å². The molecule has 0 atom stereocenters. The molecule has 3 nitrogen and oxygen atoms in total. The molecule has 3 heteroatoms. The molecule has 1 heterocycles. The molecule has 0 aliphatic heterocycles. The molecular weight excluding hydrogens is 216 g/mol. The lowest BCUT2D eigenvalue weighted by atomic mass is 10.2. The van der Waals surface area contributed by atoms with Crippen molar-refractivity contribution in [1.82, 2.24) is 0 Å². The first-order valence-corrected chi connectivity index (χ1v) is 5.94. The molecule has 1 aromatic heterocycles. The standard InChI is InChI=1S/C14H16O3/c1-3-6-11(15)13-9-10-7-5-8-12(16-4-2)14(10)17-13/h5,7-9H,3-4,6H2,1-2H3. The van der Waals surface area contributed by atoms with Crippen molar-refractivity contribution in [1.29, 1.82) is 0 Å². The van der Waals surface area contributed by atoms with Gasteiger partial charge < -0.3 is 9.15 Å². The van der Waals surface area contributed by atoms with Crippen LogP contribution in [0.2, 0.25) is 0 Å². The van der Waals surface area contributed by atoms with Gasteiger partial charge in [-0.3, -0.25) is 4.79 Å². The summed E-state index contributed by atoms with van der Waals surface area (Å²) in [6, 6.07) is 7.46. The minimum absolute atomic E-state index is 0.0474. The molecular formula is C14H16O3. The van der Waals surface area contributed by atoms with Crippen LogP contribution in [-0.4, -0.2) is 12.4 Å². The van der Waals surface area contributed by atoms with Crippen LogP contribution >= 0.6 is 0 Å². The number of furan rings is 1. The normalized spacial score (nSPS) is 10.7. The number of ketones is 1. The highest BCUT2D eigenvalue weighted by Crippen LogP contribution is 2.29. The minimum Gasteiger partial charge on any atom is -0.490 e. The predicted octanol–water partition coefficient (Wildman–Crippen LogP) is 3.81. The van der Waals surface area contributed by atoms with Gasteiger partial charge in [-0.1, -0.05) is 19.1 Å². The molecule has 2 rings (SSSR count). The zero-order chi connectivity index (χ0) is 12.3. The SMILES string of the molecule is CCCC(=O)c1cc2cccc(OCC)c2o1. The monoisotopic (exact) mass is 232 g/mol. The Bertz CT molecular complexity index is 525. The minimum atomic E-state index is 0.0474. The van der Waals surface area contributed by atoms with E-state index in [1.807, 2.05) is 32.0 Å². The van der Waals surface area contributed by atoms with E-state index in [4.69, 9.17) is 9.15 Å². The Morgan fingerprint density at radius 3 is 2.88 bits per heavy atom. The second-order valence-corrected chi connectivity index (χ2v) is 3.89. The summed E-state index contributed by atoms with van der Waals surface area (Å²) in [5, 5.41) is 0.912. The van der Waals surface area contributed by atoms with Gasteiger partial charge in [0, 0.05) is 11.8 Å². The number of hydrogen-bond donors (Lipinski definition) is 0. The number of para-hydroxylation sites is 1. The molecule has 0 aliphatic rings. The zero-order valence-electron chi connectivity index (χ0n) is 10.2. The van der Waals surface area contributed by atoms with E-state index < -0.39 is 0 Å². The molecule has 0 spiro atoms. The van der Waals surface area contributed by atoms with Gasteiger partial charge in [0.1, 0.15) is 0 Å². The summed E-state index contributed by atoms with van der Waals surface area (Å²) < 4.78 is 11.1. The van der Waals surface area contributed by atoms with Crippen LogP contribution in [0.15, 0.2) is 28.7 Å². The molecule has 2 aromatic rings. The van der Waals surface area contributed by atoms with Crippen LogP contribution in [0.5, 0.6) is 5.75 Å². The van der Waals surface area contributed by atoms with Crippen molar-refractivity contribution in [3.8, 4) is 5.75 Å². The summed E-state index contributed by atoms with van der Waals surface area (Å²) in [5.74, 6) is 1.17. The summed E-state index contributed by atoms with van der Waals surface area (Å²) in [6.07, 6.45) is 1.35. The third-order valence-electron chi connectivity index (χ3n) is 2.56. The number of hydrogen-bond acceptors (Lipinski definition) is 3. The summed E-state index contributed by atoms with van der Waals surface area (Å²) in [7, 11) is 0. The van der Waals surface area contributed by atoms with Gasteiger partial charge in [0.25, 0.3) is 0 Å². The van der Waals surface area contributed by atoms with E-state index in [1.165, 1.54) is 0 Å². The van der Waals surface area contributed by atoms with Crippen LogP contribution in [0.3, 0.4) is 0 Å². The fraction of sp³-hybridized carbons (Fsp3) is 0.357. The summed E-state index contributed by atoms with van der Waals surface area (Å²) in [6.45, 7) is 4.48. The highest BCUT2D eigenvalue weighted by atomic mass is 16.5. The van der Waals surface area contributed by atoms with Gasteiger partial charge in [-0.15, -0.1) is 0 Å². The van der Waals surface area contributed by atoms with Gasteiger partial charge in [0.15, 0.2) is 22.9 Å².